The van der Waals surface area contributed by atoms with E-state index in [1.54, 1.807) is 18.2 Å². The summed E-state index contributed by atoms with van der Waals surface area (Å²) in [5.41, 5.74) is 0.151. The maximum absolute atomic E-state index is 13.4. The Morgan fingerprint density at radius 1 is 1.03 bits per heavy atom. The van der Waals surface area contributed by atoms with E-state index in [-0.39, 0.29) is 11.7 Å². The van der Waals surface area contributed by atoms with Gasteiger partial charge in [0.25, 0.3) is 5.91 Å². The van der Waals surface area contributed by atoms with Crippen LogP contribution in [-0.4, -0.2) is 48.9 Å². The molecule has 1 aliphatic rings. The fourth-order valence-corrected chi connectivity index (χ4v) is 4.38. The molecule has 0 aromatic heterocycles. The first-order valence-corrected chi connectivity index (χ1v) is 12.0. The molecule has 1 amide bonds. The SMILES string of the molecule is CCOc1cc(C(=O)N2CCN=C2SCc2cccc(C(F)(F)F)c2)cc(OCC)c1OCC. The molecule has 0 radical (unpaired) electrons. The van der Waals surface area contributed by atoms with Crippen LogP contribution in [0.3, 0.4) is 0 Å². The van der Waals surface area contributed by atoms with Gasteiger partial charge in [-0.1, -0.05) is 30.0 Å². The second kappa shape index (κ2) is 11.5. The van der Waals surface area contributed by atoms with Crippen LogP contribution in [0.1, 0.15) is 42.3 Å². The molecule has 1 aliphatic heterocycles. The van der Waals surface area contributed by atoms with Gasteiger partial charge in [0.2, 0.25) is 5.75 Å². The second-order valence-electron chi connectivity index (χ2n) is 7.21. The number of rotatable bonds is 9. The van der Waals surface area contributed by atoms with Gasteiger partial charge in [0, 0.05) is 17.9 Å². The smallest absolute Gasteiger partial charge is 0.416 e. The molecular formula is C24H27F3N2O4S. The number of thioether (sulfide) groups is 1. The van der Waals surface area contributed by atoms with E-state index >= 15 is 0 Å². The normalized spacial score (nSPS) is 13.6. The molecule has 0 N–H and O–H groups in total. The standard InChI is InChI=1S/C24H27F3N2O4S/c1-4-31-19-13-17(14-20(32-5-2)21(19)33-6-3)22(30)29-11-10-28-23(29)34-15-16-8-7-9-18(12-16)24(25,26)27/h7-9,12-14H,4-6,10-11,15H2,1-3H3. The molecule has 0 bridgehead atoms. The van der Waals surface area contributed by atoms with Crippen LogP contribution >= 0.6 is 11.8 Å². The third kappa shape index (κ3) is 6.16. The van der Waals surface area contributed by atoms with Gasteiger partial charge in [-0.3, -0.25) is 14.7 Å². The molecule has 0 saturated carbocycles. The highest BCUT2D eigenvalue weighted by atomic mass is 32.2. The molecule has 0 unspecified atom stereocenters. The van der Waals surface area contributed by atoms with E-state index in [2.05, 4.69) is 4.99 Å². The lowest BCUT2D eigenvalue weighted by molar-refractivity contribution is -0.137. The molecule has 0 fully saturated rings. The Kier molecular flexibility index (Phi) is 8.71. The number of carbonyl (C=O) groups excluding carboxylic acids is 1. The van der Waals surface area contributed by atoms with E-state index in [1.165, 1.54) is 22.7 Å². The quantitative estimate of drug-likeness (QED) is 0.449. The van der Waals surface area contributed by atoms with Gasteiger partial charge in [-0.25, -0.2) is 0 Å². The summed E-state index contributed by atoms with van der Waals surface area (Å²) in [5, 5.41) is 0.465. The molecule has 0 aliphatic carbocycles. The van der Waals surface area contributed by atoms with Gasteiger partial charge in [-0.2, -0.15) is 13.2 Å². The van der Waals surface area contributed by atoms with Gasteiger partial charge in [0.05, 0.1) is 31.9 Å². The highest BCUT2D eigenvalue weighted by Crippen LogP contribution is 2.40. The summed E-state index contributed by atoms with van der Waals surface area (Å²) in [6.45, 7) is 7.48. The number of carbonyl (C=O) groups is 1. The van der Waals surface area contributed by atoms with E-state index in [0.29, 0.717) is 66.5 Å². The number of nitrogens with zero attached hydrogens (tertiary/aromatic N) is 2. The predicted octanol–water partition coefficient (Wildman–Crippen LogP) is 5.65. The van der Waals surface area contributed by atoms with Gasteiger partial charge in [-0.15, -0.1) is 0 Å². The lowest BCUT2D eigenvalue weighted by Crippen LogP contribution is -2.33. The van der Waals surface area contributed by atoms with Crippen molar-refractivity contribution in [2.24, 2.45) is 4.99 Å². The maximum Gasteiger partial charge on any atom is 0.416 e. The lowest BCUT2D eigenvalue weighted by atomic mass is 10.1. The molecule has 1 heterocycles. The third-order valence-electron chi connectivity index (χ3n) is 4.83. The number of aliphatic imine (C=N–C) groups is 1. The van der Waals surface area contributed by atoms with Crippen molar-refractivity contribution in [2.75, 3.05) is 32.9 Å². The van der Waals surface area contributed by atoms with Crippen LogP contribution in [0.5, 0.6) is 17.2 Å². The first-order chi connectivity index (χ1) is 16.3. The van der Waals surface area contributed by atoms with Gasteiger partial charge >= 0.3 is 6.18 Å². The van der Waals surface area contributed by atoms with E-state index < -0.39 is 11.7 Å². The van der Waals surface area contributed by atoms with Gasteiger partial charge in [-0.05, 0) is 44.5 Å². The summed E-state index contributed by atoms with van der Waals surface area (Å²) in [4.78, 5) is 19.3. The van der Waals surface area contributed by atoms with Crippen molar-refractivity contribution in [3.05, 3.63) is 53.1 Å². The van der Waals surface area contributed by atoms with Crippen LogP contribution in [0.25, 0.3) is 0 Å². The lowest BCUT2D eigenvalue weighted by Gasteiger charge is -2.21. The maximum atomic E-state index is 13.4. The van der Waals surface area contributed by atoms with Crippen molar-refractivity contribution in [1.82, 2.24) is 4.90 Å². The van der Waals surface area contributed by atoms with Crippen LogP contribution in [0.4, 0.5) is 13.2 Å². The number of benzene rings is 2. The molecule has 0 atom stereocenters. The zero-order chi connectivity index (χ0) is 24.7. The number of ether oxygens (including phenoxy) is 3. The van der Waals surface area contributed by atoms with E-state index in [9.17, 15) is 18.0 Å². The largest absolute Gasteiger partial charge is 0.490 e. The molecule has 3 rings (SSSR count). The molecule has 184 valence electrons. The summed E-state index contributed by atoms with van der Waals surface area (Å²) in [5.74, 6) is 1.22. The fourth-order valence-electron chi connectivity index (χ4n) is 3.39. The van der Waals surface area contributed by atoms with Crippen molar-refractivity contribution >= 4 is 22.8 Å². The van der Waals surface area contributed by atoms with Crippen molar-refractivity contribution in [3.8, 4) is 17.2 Å². The third-order valence-corrected chi connectivity index (χ3v) is 5.91. The topological polar surface area (TPSA) is 60.4 Å². The minimum atomic E-state index is -4.41. The molecule has 0 spiro atoms. The van der Waals surface area contributed by atoms with E-state index in [4.69, 9.17) is 14.2 Å². The number of halogens is 3. The summed E-state index contributed by atoms with van der Waals surface area (Å²) in [6.07, 6.45) is -4.41. The summed E-state index contributed by atoms with van der Waals surface area (Å²) in [6, 6.07) is 8.39. The monoisotopic (exact) mass is 496 g/mol. The van der Waals surface area contributed by atoms with Crippen molar-refractivity contribution in [2.45, 2.75) is 32.7 Å². The fraction of sp³-hybridized carbons (Fsp3) is 0.417. The summed E-state index contributed by atoms with van der Waals surface area (Å²) < 4.78 is 56.1. The van der Waals surface area contributed by atoms with Gasteiger partial charge < -0.3 is 14.2 Å². The Bertz CT molecular complexity index is 1020. The molecular weight excluding hydrogens is 469 g/mol. The van der Waals surface area contributed by atoms with Crippen molar-refractivity contribution < 1.29 is 32.2 Å². The predicted molar refractivity (Wildman–Crippen MR) is 126 cm³/mol. The zero-order valence-corrected chi connectivity index (χ0v) is 20.1. The molecule has 2 aromatic rings. The average Bonchev–Trinajstić information content (AvgIpc) is 3.27. The zero-order valence-electron chi connectivity index (χ0n) is 19.3. The number of alkyl halides is 3. The molecule has 10 heteroatoms. The van der Waals surface area contributed by atoms with Gasteiger partial charge in [0.15, 0.2) is 16.7 Å². The minimum absolute atomic E-state index is 0.254. The summed E-state index contributed by atoms with van der Waals surface area (Å²) >= 11 is 1.23. The Labute approximate surface area is 201 Å². The Morgan fingerprint density at radius 2 is 1.68 bits per heavy atom. The molecule has 6 nitrogen and oxygen atoms in total. The van der Waals surface area contributed by atoms with Crippen LogP contribution in [-0.2, 0) is 11.9 Å². The Morgan fingerprint density at radius 3 is 2.26 bits per heavy atom. The second-order valence-corrected chi connectivity index (χ2v) is 8.15. The van der Waals surface area contributed by atoms with Crippen LogP contribution in [0.2, 0.25) is 0 Å². The minimum Gasteiger partial charge on any atom is -0.490 e. The van der Waals surface area contributed by atoms with Crippen LogP contribution in [0.15, 0.2) is 41.4 Å². The first-order valence-electron chi connectivity index (χ1n) is 11.0. The first kappa shape index (κ1) is 25.7. The molecule has 2 aromatic carbocycles. The van der Waals surface area contributed by atoms with Crippen molar-refractivity contribution in [3.63, 3.8) is 0 Å². The molecule has 0 saturated heterocycles. The average molecular weight is 497 g/mol. The van der Waals surface area contributed by atoms with Gasteiger partial charge in [0.1, 0.15) is 0 Å². The highest BCUT2D eigenvalue weighted by Gasteiger charge is 2.31. The van der Waals surface area contributed by atoms with Crippen LogP contribution in [0, 0.1) is 0 Å². The Hall–Kier alpha value is -2.88. The Balaban J connectivity index is 1.80. The number of amidine groups is 1. The van der Waals surface area contributed by atoms with E-state index in [0.717, 1.165) is 12.1 Å². The number of hydrogen-bond donors (Lipinski definition) is 0. The highest BCUT2D eigenvalue weighted by molar-refractivity contribution is 8.13. The molecule has 34 heavy (non-hydrogen) atoms. The van der Waals surface area contributed by atoms with E-state index in [1.807, 2.05) is 20.8 Å². The van der Waals surface area contributed by atoms with Crippen molar-refractivity contribution in [1.29, 1.82) is 0 Å². The van der Waals surface area contributed by atoms with Crippen LogP contribution < -0.4 is 14.2 Å². The summed E-state index contributed by atoms with van der Waals surface area (Å²) in [7, 11) is 0. The number of amides is 1. The number of hydrogen-bond acceptors (Lipinski definition) is 6.